The number of rotatable bonds is 0. The summed E-state index contributed by atoms with van der Waals surface area (Å²) < 4.78 is 0. The Hall–Kier alpha value is 1.26. The van der Waals surface area contributed by atoms with Crippen molar-refractivity contribution in [2.75, 3.05) is 0 Å². The fourth-order valence-corrected chi connectivity index (χ4v) is 3.10. The van der Waals surface area contributed by atoms with Crippen LogP contribution in [0.3, 0.4) is 0 Å². The van der Waals surface area contributed by atoms with E-state index in [1.165, 1.54) is 20.9 Å². The maximum Gasteiger partial charge on any atom is 3.00 e. The van der Waals surface area contributed by atoms with E-state index in [9.17, 15) is 0 Å². The quantitative estimate of drug-likeness (QED) is 0.385. The van der Waals surface area contributed by atoms with Gasteiger partial charge in [-0.1, -0.05) is 36.4 Å². The first-order valence-electron chi connectivity index (χ1n) is 4.54. The monoisotopic (exact) mass is 443 g/mol. The maximum atomic E-state index is 2.34. The zero-order valence-electron chi connectivity index (χ0n) is 8.99. The molecule has 0 amide bonds. The number of hydrogen-bond acceptors (Lipinski definition) is 1. The van der Waals surface area contributed by atoms with Gasteiger partial charge in [0.05, 0.1) is 0 Å². The van der Waals surface area contributed by atoms with Crippen LogP contribution in [0.1, 0.15) is 12.5 Å². The Kier molecular flexibility index (Phi) is 10.2. The zero-order chi connectivity index (χ0) is 8.84. The summed E-state index contributed by atoms with van der Waals surface area (Å²) in [6.45, 7) is 2.25. The van der Waals surface area contributed by atoms with Crippen LogP contribution in [0, 0.1) is 40.4 Å². The number of hydrogen-bond donors (Lipinski definition) is 0. The molecular formula is C12H10Cl3SSm. The third-order valence-electron chi connectivity index (χ3n) is 2.52. The normalized spacial score (nSPS) is 16.9. The first-order chi connectivity index (χ1) is 6.34. The first-order valence-corrected chi connectivity index (χ1v) is 5.42. The van der Waals surface area contributed by atoms with Crippen LogP contribution in [0.25, 0.3) is 18.2 Å². The molecule has 5 heteroatoms. The first kappa shape index (κ1) is 20.6. The van der Waals surface area contributed by atoms with Gasteiger partial charge in [0, 0.05) is 10.1 Å². The van der Waals surface area contributed by atoms with Crippen LogP contribution in [-0.4, -0.2) is 5.25 Å². The summed E-state index contributed by atoms with van der Waals surface area (Å²) in [6, 6.07) is 4.44. The summed E-state index contributed by atoms with van der Waals surface area (Å²) in [5.41, 5.74) is 1.42. The average molecular weight is 443 g/mol. The molecule has 0 fully saturated rings. The standard InChI is InChI=1S/C12H10S.3ClH.Sm/c1-8-7-10-6-5-9-3-2-4-11(9)12(10)13-8;;;;/h2-8H,1H3;3*1H;/q;;;;+3/p-3. The number of thioether (sulfide) groups is 1. The molecule has 1 aliphatic carbocycles. The Balaban J connectivity index is 0. The number of halogens is 3. The van der Waals surface area contributed by atoms with Crippen molar-refractivity contribution in [1.82, 2.24) is 0 Å². The van der Waals surface area contributed by atoms with E-state index in [4.69, 9.17) is 0 Å². The van der Waals surface area contributed by atoms with Gasteiger partial charge in [-0.3, -0.25) is 0 Å². The molecule has 17 heavy (non-hydrogen) atoms. The maximum absolute atomic E-state index is 2.34. The van der Waals surface area contributed by atoms with Crippen LogP contribution >= 0.6 is 11.8 Å². The molecule has 1 heterocycles. The molecule has 1 atom stereocenters. The molecule has 1 unspecified atom stereocenters. The van der Waals surface area contributed by atoms with Gasteiger partial charge in [0.25, 0.3) is 0 Å². The van der Waals surface area contributed by atoms with Crippen molar-refractivity contribution in [3.8, 4) is 0 Å². The van der Waals surface area contributed by atoms with Crippen molar-refractivity contribution in [1.29, 1.82) is 0 Å². The van der Waals surface area contributed by atoms with Crippen LogP contribution < -0.4 is 47.7 Å². The van der Waals surface area contributed by atoms with E-state index in [-0.39, 0.29) is 77.6 Å². The van der Waals surface area contributed by atoms with E-state index in [1.54, 1.807) is 0 Å². The van der Waals surface area contributed by atoms with Gasteiger partial charge in [0.15, 0.2) is 0 Å². The number of fused-ring (bicyclic) bond motifs is 3. The molecule has 1 aliphatic heterocycles. The van der Waals surface area contributed by atoms with Gasteiger partial charge in [-0.25, -0.2) is 0 Å². The Morgan fingerprint density at radius 2 is 1.71 bits per heavy atom. The van der Waals surface area contributed by atoms with Crippen molar-refractivity contribution in [3.05, 3.63) is 34.2 Å². The minimum atomic E-state index is 0. The zero-order valence-corrected chi connectivity index (χ0v) is 14.7. The van der Waals surface area contributed by atoms with Crippen molar-refractivity contribution in [2.24, 2.45) is 0 Å². The van der Waals surface area contributed by atoms with E-state index in [1.807, 2.05) is 11.8 Å². The minimum Gasteiger partial charge on any atom is -1.00 e. The van der Waals surface area contributed by atoms with Gasteiger partial charge >= 0.3 is 40.4 Å². The third-order valence-corrected chi connectivity index (χ3v) is 3.72. The van der Waals surface area contributed by atoms with Gasteiger partial charge in [-0.15, -0.1) is 11.8 Å². The molecule has 3 rings (SSSR count). The second-order valence-corrected chi connectivity index (χ2v) is 4.89. The van der Waals surface area contributed by atoms with Gasteiger partial charge < -0.3 is 37.2 Å². The van der Waals surface area contributed by atoms with E-state index in [2.05, 4.69) is 43.4 Å². The second kappa shape index (κ2) is 8.43. The van der Waals surface area contributed by atoms with Crippen molar-refractivity contribution >= 4 is 30.0 Å². The van der Waals surface area contributed by atoms with Crippen molar-refractivity contribution in [3.63, 3.8) is 0 Å². The van der Waals surface area contributed by atoms with Gasteiger partial charge in [-0.2, -0.15) is 0 Å². The Labute approximate surface area is 157 Å². The molecule has 0 aromatic heterocycles. The van der Waals surface area contributed by atoms with Crippen LogP contribution in [0.15, 0.2) is 23.1 Å². The molecule has 0 saturated carbocycles. The molecule has 0 nitrogen and oxygen atoms in total. The Morgan fingerprint density at radius 1 is 1.06 bits per heavy atom. The van der Waals surface area contributed by atoms with E-state index >= 15 is 0 Å². The number of benzene rings is 1. The predicted molar refractivity (Wildman–Crippen MR) is 59.0 cm³/mol. The minimum absolute atomic E-state index is 0. The van der Waals surface area contributed by atoms with Crippen molar-refractivity contribution < 1.29 is 77.6 Å². The van der Waals surface area contributed by atoms with Crippen molar-refractivity contribution in [2.45, 2.75) is 17.1 Å². The molecule has 0 spiro atoms. The molecule has 0 saturated heterocycles. The second-order valence-electron chi connectivity index (χ2n) is 3.50. The fourth-order valence-electron chi connectivity index (χ4n) is 1.93. The molecular weight excluding hydrogens is 433 g/mol. The van der Waals surface area contributed by atoms with Crippen LogP contribution in [-0.2, 0) is 0 Å². The summed E-state index contributed by atoms with van der Waals surface area (Å²) in [5, 5.41) is 3.42. The van der Waals surface area contributed by atoms with E-state index < -0.39 is 0 Å². The van der Waals surface area contributed by atoms with Crippen LogP contribution in [0.4, 0.5) is 0 Å². The van der Waals surface area contributed by atoms with Gasteiger partial charge in [-0.05, 0) is 22.9 Å². The van der Waals surface area contributed by atoms with E-state index in [0.29, 0.717) is 5.25 Å². The summed E-state index contributed by atoms with van der Waals surface area (Å²) in [4.78, 5) is 1.47. The molecule has 2 aliphatic rings. The topological polar surface area (TPSA) is 0 Å². The fraction of sp³-hybridized carbons (Fsp3) is 0.167. The Morgan fingerprint density at radius 3 is 2.41 bits per heavy atom. The Bertz CT molecular complexity index is 525. The average Bonchev–Trinajstić information content (AvgIpc) is 2.65. The molecule has 91 valence electrons. The molecule has 1 aromatic carbocycles. The van der Waals surface area contributed by atoms with E-state index in [0.717, 1.165) is 0 Å². The van der Waals surface area contributed by atoms with Crippen LogP contribution in [0.2, 0.25) is 0 Å². The predicted octanol–water partition coefficient (Wildman–Crippen LogP) is -7.22. The SMILES string of the molecule is CC1C=c2ccc3c(c2S1)C=CC=3.[Cl-].[Cl-].[Cl-].[Sm+3]. The molecule has 0 bridgehead atoms. The van der Waals surface area contributed by atoms with Gasteiger partial charge in [0.2, 0.25) is 0 Å². The largest absolute Gasteiger partial charge is 3.00 e. The summed E-state index contributed by atoms with van der Waals surface area (Å²) >= 11 is 1.97. The third kappa shape index (κ3) is 3.86. The summed E-state index contributed by atoms with van der Waals surface area (Å²) in [5.74, 6) is 0. The molecule has 1 aromatic rings. The smallest absolute Gasteiger partial charge is 1.00 e. The van der Waals surface area contributed by atoms with Crippen LogP contribution in [0.5, 0.6) is 0 Å². The summed E-state index contributed by atoms with van der Waals surface area (Å²) in [7, 11) is 0. The number of allylic oxidation sites excluding steroid dienone is 1. The van der Waals surface area contributed by atoms with Gasteiger partial charge in [0.1, 0.15) is 0 Å². The summed E-state index contributed by atoms with van der Waals surface area (Å²) in [6.07, 6.45) is 8.87. The molecule has 1 radical (unpaired) electrons. The molecule has 0 N–H and O–H groups in total.